The molecule has 4 fully saturated rings. The highest BCUT2D eigenvalue weighted by Crippen LogP contribution is 3.00. The van der Waals surface area contributed by atoms with Crippen molar-refractivity contribution in [1.82, 2.24) is 0 Å². The lowest BCUT2D eigenvalue weighted by Gasteiger charge is -2.40. The van der Waals surface area contributed by atoms with Crippen molar-refractivity contribution in [3.63, 3.8) is 0 Å². The Morgan fingerprint density at radius 2 is 1.59 bits per heavy atom. The molecule has 4 unspecified atom stereocenters. The van der Waals surface area contributed by atoms with Crippen LogP contribution in [0.1, 0.15) is 66.2 Å². The third-order valence-corrected chi connectivity index (χ3v) is 8.27. The minimum Gasteiger partial charge on any atom is -0.0622 e. The predicted molar refractivity (Wildman–Crippen MR) is 71.7 cm³/mol. The van der Waals surface area contributed by atoms with Crippen LogP contribution in [0.5, 0.6) is 0 Å². The zero-order valence-electron chi connectivity index (χ0n) is 12.1. The van der Waals surface area contributed by atoms with Gasteiger partial charge in [-0.2, -0.15) is 0 Å². The Morgan fingerprint density at radius 1 is 0.941 bits per heavy atom. The average molecular weight is 232 g/mol. The van der Waals surface area contributed by atoms with Crippen LogP contribution in [0.15, 0.2) is 0 Å². The van der Waals surface area contributed by atoms with E-state index in [1.165, 1.54) is 12.8 Å². The van der Waals surface area contributed by atoms with Gasteiger partial charge in [0.2, 0.25) is 0 Å². The fourth-order valence-electron chi connectivity index (χ4n) is 7.63. The summed E-state index contributed by atoms with van der Waals surface area (Å²) >= 11 is 0. The molecule has 4 rings (SSSR count). The summed E-state index contributed by atoms with van der Waals surface area (Å²) in [5.74, 6) is 4.11. The SMILES string of the molecule is CC(C)C1(C2CCC2)C(C)C12C(C)C21CCC1. The third kappa shape index (κ3) is 0.766. The second-order valence-electron chi connectivity index (χ2n) is 8.04. The lowest BCUT2D eigenvalue weighted by molar-refractivity contribution is 0.0863. The summed E-state index contributed by atoms with van der Waals surface area (Å²) in [7, 11) is 0. The van der Waals surface area contributed by atoms with Crippen molar-refractivity contribution in [3.05, 3.63) is 0 Å². The highest BCUT2D eigenvalue weighted by Gasteiger charge is 2.96. The van der Waals surface area contributed by atoms with Crippen molar-refractivity contribution < 1.29 is 0 Å². The Bertz CT molecular complexity index is 360. The van der Waals surface area contributed by atoms with Crippen molar-refractivity contribution in [2.24, 2.45) is 39.9 Å². The van der Waals surface area contributed by atoms with E-state index in [1.54, 1.807) is 25.7 Å². The van der Waals surface area contributed by atoms with Gasteiger partial charge in [0, 0.05) is 0 Å². The van der Waals surface area contributed by atoms with Gasteiger partial charge in [0.15, 0.2) is 0 Å². The number of hydrogen-bond acceptors (Lipinski definition) is 0. The lowest BCUT2D eigenvalue weighted by atomic mass is 9.64. The molecule has 0 bridgehead atoms. The summed E-state index contributed by atoms with van der Waals surface area (Å²) in [5, 5.41) is 0. The molecule has 0 aliphatic heterocycles. The summed E-state index contributed by atoms with van der Waals surface area (Å²) in [6.07, 6.45) is 9.28. The second-order valence-corrected chi connectivity index (χ2v) is 8.04. The quantitative estimate of drug-likeness (QED) is 0.636. The van der Waals surface area contributed by atoms with Gasteiger partial charge in [-0.3, -0.25) is 0 Å². The van der Waals surface area contributed by atoms with Crippen LogP contribution in [0.3, 0.4) is 0 Å². The maximum Gasteiger partial charge on any atom is -0.0111 e. The first kappa shape index (κ1) is 10.9. The molecule has 4 saturated carbocycles. The predicted octanol–water partition coefficient (Wildman–Crippen LogP) is 4.89. The van der Waals surface area contributed by atoms with Gasteiger partial charge < -0.3 is 0 Å². The van der Waals surface area contributed by atoms with E-state index in [1.807, 2.05) is 0 Å². The molecule has 0 amide bonds. The van der Waals surface area contributed by atoms with Gasteiger partial charge in [0.25, 0.3) is 0 Å². The van der Waals surface area contributed by atoms with Crippen LogP contribution in [-0.2, 0) is 0 Å². The van der Waals surface area contributed by atoms with Crippen LogP contribution in [0.25, 0.3) is 0 Å². The molecule has 96 valence electrons. The summed E-state index contributed by atoms with van der Waals surface area (Å²) < 4.78 is 0. The topological polar surface area (TPSA) is 0 Å². The fraction of sp³-hybridized carbons (Fsp3) is 1.00. The molecule has 0 heterocycles. The lowest BCUT2D eigenvalue weighted by Crippen LogP contribution is -2.32. The van der Waals surface area contributed by atoms with Crippen LogP contribution < -0.4 is 0 Å². The van der Waals surface area contributed by atoms with Crippen molar-refractivity contribution in [2.75, 3.05) is 0 Å². The van der Waals surface area contributed by atoms with Gasteiger partial charge in [0.05, 0.1) is 0 Å². The van der Waals surface area contributed by atoms with Crippen LogP contribution in [0.4, 0.5) is 0 Å². The normalized spacial score (nSPS) is 54.9. The zero-order valence-corrected chi connectivity index (χ0v) is 12.1. The van der Waals surface area contributed by atoms with Crippen molar-refractivity contribution in [2.45, 2.75) is 66.2 Å². The Labute approximate surface area is 107 Å². The molecule has 0 saturated heterocycles. The van der Waals surface area contributed by atoms with Crippen LogP contribution in [0.2, 0.25) is 0 Å². The molecule has 0 aromatic rings. The van der Waals surface area contributed by atoms with Crippen molar-refractivity contribution >= 4 is 0 Å². The molecule has 0 N–H and O–H groups in total. The zero-order chi connectivity index (χ0) is 12.1. The van der Waals surface area contributed by atoms with Gasteiger partial charge in [-0.05, 0) is 65.6 Å². The van der Waals surface area contributed by atoms with Gasteiger partial charge in [0.1, 0.15) is 0 Å². The average Bonchev–Trinajstić information content (AvgIpc) is 2.88. The molecule has 4 aliphatic carbocycles. The van der Waals surface area contributed by atoms with Crippen molar-refractivity contribution in [3.8, 4) is 0 Å². The van der Waals surface area contributed by atoms with E-state index in [-0.39, 0.29) is 0 Å². The first-order valence-corrected chi connectivity index (χ1v) is 8.07. The monoisotopic (exact) mass is 232 g/mol. The Morgan fingerprint density at radius 3 is 1.88 bits per heavy atom. The number of hydrogen-bond donors (Lipinski definition) is 0. The van der Waals surface area contributed by atoms with E-state index < -0.39 is 0 Å². The minimum absolute atomic E-state index is 0.769. The summed E-state index contributed by atoms with van der Waals surface area (Å²) in [6, 6.07) is 0. The Balaban J connectivity index is 1.74. The molecule has 4 aliphatic rings. The molecule has 2 spiro atoms. The molecule has 17 heavy (non-hydrogen) atoms. The molecular weight excluding hydrogens is 204 g/mol. The molecule has 0 heteroatoms. The molecular formula is C17H28. The van der Waals surface area contributed by atoms with Crippen molar-refractivity contribution in [1.29, 1.82) is 0 Å². The molecule has 0 aromatic heterocycles. The van der Waals surface area contributed by atoms with Gasteiger partial charge in [-0.1, -0.05) is 40.5 Å². The second kappa shape index (κ2) is 2.78. The Kier molecular flexibility index (Phi) is 1.78. The van der Waals surface area contributed by atoms with Gasteiger partial charge in [-0.25, -0.2) is 0 Å². The van der Waals surface area contributed by atoms with Crippen LogP contribution in [0, 0.1) is 39.9 Å². The minimum atomic E-state index is 0.769. The molecule has 0 aromatic carbocycles. The van der Waals surface area contributed by atoms with Crippen LogP contribution >= 0.6 is 0 Å². The Hall–Kier alpha value is 0. The van der Waals surface area contributed by atoms with E-state index >= 15 is 0 Å². The first-order chi connectivity index (χ1) is 8.07. The third-order valence-electron chi connectivity index (χ3n) is 8.27. The highest BCUT2D eigenvalue weighted by atomic mass is 15.0. The number of rotatable bonds is 2. The standard InChI is InChI=1S/C17H28/c1-11(2)16(14-7-5-8-14)13(4)17(16)12(3)15(17)9-6-10-15/h11-14H,5-10H2,1-4H3. The maximum atomic E-state index is 2.61. The van der Waals surface area contributed by atoms with Gasteiger partial charge in [-0.15, -0.1) is 0 Å². The summed E-state index contributed by atoms with van der Waals surface area (Å²) in [6.45, 7) is 10.3. The largest absolute Gasteiger partial charge is 0.0622 e. The van der Waals surface area contributed by atoms with E-state index in [4.69, 9.17) is 0 Å². The van der Waals surface area contributed by atoms with E-state index in [0.29, 0.717) is 0 Å². The van der Waals surface area contributed by atoms with E-state index in [2.05, 4.69) is 27.7 Å². The van der Waals surface area contributed by atoms with E-state index in [9.17, 15) is 0 Å². The summed E-state index contributed by atoms with van der Waals surface area (Å²) in [5.41, 5.74) is 2.43. The molecule has 0 nitrogen and oxygen atoms in total. The fourth-order valence-corrected chi connectivity index (χ4v) is 7.63. The van der Waals surface area contributed by atoms with Gasteiger partial charge >= 0.3 is 0 Å². The smallest absolute Gasteiger partial charge is 0.0111 e. The van der Waals surface area contributed by atoms with Crippen LogP contribution in [-0.4, -0.2) is 0 Å². The van der Waals surface area contributed by atoms with E-state index in [0.717, 1.165) is 39.9 Å². The molecule has 0 radical (unpaired) electrons. The number of fused-ring (bicyclic) bond motifs is 1. The maximum absolute atomic E-state index is 2.61. The highest BCUT2D eigenvalue weighted by molar-refractivity contribution is 5.43. The first-order valence-electron chi connectivity index (χ1n) is 8.07. The molecule has 4 atom stereocenters. The summed E-state index contributed by atoms with van der Waals surface area (Å²) in [4.78, 5) is 0.